The number of carbonyl (C=O) groups is 1. The van der Waals surface area contributed by atoms with Crippen LogP contribution in [0.2, 0.25) is 0 Å². The van der Waals surface area contributed by atoms with Gasteiger partial charge in [-0.05, 0) is 43.7 Å². The molecule has 0 unspecified atom stereocenters. The predicted octanol–water partition coefficient (Wildman–Crippen LogP) is 2.84. The summed E-state index contributed by atoms with van der Waals surface area (Å²) in [7, 11) is 0. The molecule has 0 saturated heterocycles. The Morgan fingerprint density at radius 2 is 2.09 bits per heavy atom. The first-order chi connectivity index (χ1) is 10.6. The maximum Gasteiger partial charge on any atom is 0.226 e. The van der Waals surface area contributed by atoms with Crippen molar-refractivity contribution in [3.8, 4) is 0 Å². The van der Waals surface area contributed by atoms with Crippen LogP contribution in [-0.4, -0.2) is 24.0 Å². The van der Waals surface area contributed by atoms with Gasteiger partial charge in [0.25, 0.3) is 0 Å². The SMILES string of the molecule is CCN(c1ccc(NC(=O)CCN)nc1)c1cccc(C)c1. The van der Waals surface area contributed by atoms with Gasteiger partial charge in [0.15, 0.2) is 0 Å². The Hall–Kier alpha value is -2.40. The zero-order chi connectivity index (χ0) is 15.9. The number of nitrogens with zero attached hydrogens (tertiary/aromatic N) is 2. The monoisotopic (exact) mass is 298 g/mol. The average molecular weight is 298 g/mol. The molecule has 2 aromatic rings. The number of aryl methyl sites for hydroxylation is 1. The minimum atomic E-state index is -0.117. The van der Waals surface area contributed by atoms with Gasteiger partial charge in [-0.3, -0.25) is 4.79 Å². The quantitative estimate of drug-likeness (QED) is 0.860. The molecule has 5 heteroatoms. The number of hydrogen-bond acceptors (Lipinski definition) is 4. The van der Waals surface area contributed by atoms with Crippen LogP contribution in [0.5, 0.6) is 0 Å². The molecule has 0 saturated carbocycles. The normalized spacial score (nSPS) is 10.3. The topological polar surface area (TPSA) is 71.2 Å². The summed E-state index contributed by atoms with van der Waals surface area (Å²) < 4.78 is 0. The molecule has 3 N–H and O–H groups in total. The smallest absolute Gasteiger partial charge is 0.226 e. The van der Waals surface area contributed by atoms with Crippen molar-refractivity contribution in [2.24, 2.45) is 5.73 Å². The highest BCUT2D eigenvalue weighted by molar-refractivity contribution is 5.90. The molecule has 22 heavy (non-hydrogen) atoms. The number of aromatic nitrogens is 1. The van der Waals surface area contributed by atoms with E-state index in [1.54, 1.807) is 6.20 Å². The van der Waals surface area contributed by atoms with Gasteiger partial charge in [0, 0.05) is 25.2 Å². The van der Waals surface area contributed by atoms with E-state index >= 15 is 0 Å². The van der Waals surface area contributed by atoms with Crippen LogP contribution in [0.1, 0.15) is 18.9 Å². The lowest BCUT2D eigenvalue weighted by Crippen LogP contribution is -2.18. The molecule has 116 valence electrons. The summed E-state index contributed by atoms with van der Waals surface area (Å²) in [5, 5.41) is 2.73. The Morgan fingerprint density at radius 1 is 1.27 bits per heavy atom. The number of amides is 1. The molecule has 2 rings (SSSR count). The predicted molar refractivity (Wildman–Crippen MR) is 90.4 cm³/mol. The van der Waals surface area contributed by atoms with Gasteiger partial charge in [-0.1, -0.05) is 12.1 Å². The first kappa shape index (κ1) is 16.0. The van der Waals surface area contributed by atoms with Crippen LogP contribution in [0, 0.1) is 6.92 Å². The Balaban J connectivity index is 2.15. The molecule has 0 radical (unpaired) electrons. The number of nitrogens with one attached hydrogen (secondary N) is 1. The van der Waals surface area contributed by atoms with E-state index in [1.807, 2.05) is 18.2 Å². The second-order valence-electron chi connectivity index (χ2n) is 5.07. The van der Waals surface area contributed by atoms with Crippen molar-refractivity contribution in [3.63, 3.8) is 0 Å². The van der Waals surface area contributed by atoms with Crippen molar-refractivity contribution >= 4 is 23.1 Å². The first-order valence-corrected chi connectivity index (χ1v) is 7.44. The highest BCUT2D eigenvalue weighted by Gasteiger charge is 2.08. The second-order valence-corrected chi connectivity index (χ2v) is 5.07. The Bertz CT molecular complexity index is 625. The largest absolute Gasteiger partial charge is 0.341 e. The summed E-state index contributed by atoms with van der Waals surface area (Å²) in [6.07, 6.45) is 2.07. The minimum absolute atomic E-state index is 0.117. The number of nitrogens with two attached hydrogens (primary N) is 1. The maximum absolute atomic E-state index is 11.5. The van der Waals surface area contributed by atoms with Gasteiger partial charge in [-0.25, -0.2) is 4.98 Å². The summed E-state index contributed by atoms with van der Waals surface area (Å²) >= 11 is 0. The van der Waals surface area contributed by atoms with Gasteiger partial charge in [-0.15, -0.1) is 0 Å². The van der Waals surface area contributed by atoms with E-state index in [1.165, 1.54) is 5.56 Å². The Labute approximate surface area is 131 Å². The van der Waals surface area contributed by atoms with E-state index in [0.717, 1.165) is 17.9 Å². The first-order valence-electron chi connectivity index (χ1n) is 7.44. The van der Waals surface area contributed by atoms with E-state index in [0.29, 0.717) is 18.8 Å². The maximum atomic E-state index is 11.5. The fourth-order valence-corrected chi connectivity index (χ4v) is 2.27. The molecule has 0 aliphatic rings. The van der Waals surface area contributed by atoms with E-state index in [4.69, 9.17) is 5.73 Å². The average Bonchev–Trinajstić information content (AvgIpc) is 2.50. The van der Waals surface area contributed by atoms with Gasteiger partial charge in [0.2, 0.25) is 5.91 Å². The number of carbonyl (C=O) groups excluding carboxylic acids is 1. The fourth-order valence-electron chi connectivity index (χ4n) is 2.27. The van der Waals surface area contributed by atoms with Crippen molar-refractivity contribution < 1.29 is 4.79 Å². The molecule has 0 aliphatic carbocycles. The molecule has 0 fully saturated rings. The molecule has 1 amide bonds. The minimum Gasteiger partial charge on any atom is -0.341 e. The highest BCUT2D eigenvalue weighted by Crippen LogP contribution is 2.25. The summed E-state index contributed by atoms with van der Waals surface area (Å²) in [5.41, 5.74) is 8.69. The lowest BCUT2D eigenvalue weighted by molar-refractivity contribution is -0.116. The van der Waals surface area contributed by atoms with Gasteiger partial charge >= 0.3 is 0 Å². The van der Waals surface area contributed by atoms with Gasteiger partial charge in [-0.2, -0.15) is 0 Å². The molecule has 1 aromatic carbocycles. The number of anilines is 3. The lowest BCUT2D eigenvalue weighted by atomic mass is 10.2. The molecular weight excluding hydrogens is 276 g/mol. The molecule has 0 atom stereocenters. The summed E-state index contributed by atoms with van der Waals surface area (Å²) in [6.45, 7) is 5.34. The molecule has 0 bridgehead atoms. The van der Waals surface area contributed by atoms with Crippen molar-refractivity contribution in [2.75, 3.05) is 23.3 Å². The van der Waals surface area contributed by atoms with E-state index in [2.05, 4.69) is 47.2 Å². The molecule has 1 heterocycles. The van der Waals surface area contributed by atoms with Crippen molar-refractivity contribution in [3.05, 3.63) is 48.2 Å². The molecular formula is C17H22N4O. The van der Waals surface area contributed by atoms with Crippen LogP contribution in [0.4, 0.5) is 17.2 Å². The third kappa shape index (κ3) is 4.05. The Kier molecular flexibility index (Phi) is 5.49. The van der Waals surface area contributed by atoms with Crippen LogP contribution >= 0.6 is 0 Å². The fraction of sp³-hybridized carbons (Fsp3) is 0.294. The van der Waals surface area contributed by atoms with Crippen molar-refractivity contribution in [1.29, 1.82) is 0 Å². The summed E-state index contributed by atoms with van der Waals surface area (Å²) in [5.74, 6) is 0.427. The molecule has 0 spiro atoms. The highest BCUT2D eigenvalue weighted by atomic mass is 16.1. The molecule has 1 aromatic heterocycles. The summed E-state index contributed by atoms with van der Waals surface area (Å²) in [6, 6.07) is 12.1. The van der Waals surface area contributed by atoms with Crippen LogP contribution < -0.4 is 16.0 Å². The van der Waals surface area contributed by atoms with E-state index < -0.39 is 0 Å². The zero-order valence-corrected chi connectivity index (χ0v) is 13.0. The van der Waals surface area contributed by atoms with Crippen LogP contribution in [0.15, 0.2) is 42.6 Å². The third-order valence-electron chi connectivity index (χ3n) is 3.33. The van der Waals surface area contributed by atoms with Gasteiger partial charge in [0.1, 0.15) is 5.82 Å². The number of rotatable bonds is 6. The number of pyridine rings is 1. The third-order valence-corrected chi connectivity index (χ3v) is 3.33. The van der Waals surface area contributed by atoms with Crippen molar-refractivity contribution in [2.45, 2.75) is 20.3 Å². The van der Waals surface area contributed by atoms with Crippen LogP contribution in [-0.2, 0) is 4.79 Å². The van der Waals surface area contributed by atoms with Crippen LogP contribution in [0.3, 0.4) is 0 Å². The summed E-state index contributed by atoms with van der Waals surface area (Å²) in [4.78, 5) is 18.0. The van der Waals surface area contributed by atoms with Crippen molar-refractivity contribution in [1.82, 2.24) is 4.98 Å². The second kappa shape index (κ2) is 7.56. The van der Waals surface area contributed by atoms with Gasteiger partial charge < -0.3 is 16.0 Å². The lowest BCUT2D eigenvalue weighted by Gasteiger charge is -2.23. The zero-order valence-electron chi connectivity index (χ0n) is 13.0. The van der Waals surface area contributed by atoms with E-state index in [-0.39, 0.29) is 5.91 Å². The Morgan fingerprint density at radius 3 is 2.68 bits per heavy atom. The van der Waals surface area contributed by atoms with Gasteiger partial charge in [0.05, 0.1) is 11.9 Å². The standard InChI is InChI=1S/C17H22N4O/c1-3-21(14-6-4-5-13(2)11-14)15-7-8-16(19-12-15)20-17(22)9-10-18/h4-8,11-12H,3,9-10,18H2,1-2H3,(H,19,20,22). The molecule has 5 nitrogen and oxygen atoms in total. The molecule has 0 aliphatic heterocycles. The van der Waals surface area contributed by atoms with Crippen LogP contribution in [0.25, 0.3) is 0 Å². The number of benzene rings is 1. The number of hydrogen-bond donors (Lipinski definition) is 2. The van der Waals surface area contributed by atoms with E-state index in [9.17, 15) is 4.79 Å².